The first-order valence-electron chi connectivity index (χ1n) is 7.32. The molecular formula is C17H16N4O3. The third kappa shape index (κ3) is 3.10. The molecule has 3 rings (SSSR count). The summed E-state index contributed by atoms with van der Waals surface area (Å²) in [5.74, 6) is 0.0212. The topological polar surface area (TPSA) is 88.5 Å². The van der Waals surface area contributed by atoms with Gasteiger partial charge in [0.25, 0.3) is 0 Å². The summed E-state index contributed by atoms with van der Waals surface area (Å²) in [6, 6.07) is 11.0. The van der Waals surface area contributed by atoms with Gasteiger partial charge in [0, 0.05) is 6.20 Å². The average molecular weight is 324 g/mol. The van der Waals surface area contributed by atoms with Crippen molar-refractivity contribution in [2.45, 2.75) is 13.3 Å². The lowest BCUT2D eigenvalue weighted by atomic mass is 10.3. The molecule has 2 aromatic heterocycles. The van der Waals surface area contributed by atoms with Crippen molar-refractivity contribution in [2.24, 2.45) is 10.2 Å². The van der Waals surface area contributed by atoms with Crippen molar-refractivity contribution in [2.75, 3.05) is 7.11 Å². The van der Waals surface area contributed by atoms with E-state index in [1.54, 1.807) is 29.8 Å². The van der Waals surface area contributed by atoms with Crippen LogP contribution in [0.2, 0.25) is 0 Å². The Bertz CT molecular complexity index is 931. The number of aliphatic carboxylic acids is 1. The zero-order valence-electron chi connectivity index (χ0n) is 13.3. The second-order valence-corrected chi connectivity index (χ2v) is 5.26. The number of benzene rings is 1. The van der Waals surface area contributed by atoms with Gasteiger partial charge in [-0.2, -0.15) is 0 Å². The highest BCUT2D eigenvalue weighted by molar-refractivity contribution is 5.72. The van der Waals surface area contributed by atoms with Gasteiger partial charge < -0.3 is 9.84 Å². The summed E-state index contributed by atoms with van der Waals surface area (Å²) in [6.45, 7) is 1.95. The van der Waals surface area contributed by atoms with Gasteiger partial charge in [-0.25, -0.2) is 4.98 Å². The lowest BCUT2D eigenvalue weighted by Gasteiger charge is -2.02. The van der Waals surface area contributed by atoms with E-state index in [0.29, 0.717) is 28.6 Å². The van der Waals surface area contributed by atoms with Gasteiger partial charge in [0.05, 0.1) is 19.2 Å². The maximum Gasteiger partial charge on any atom is 0.309 e. The van der Waals surface area contributed by atoms with E-state index in [-0.39, 0.29) is 6.42 Å². The zero-order chi connectivity index (χ0) is 17.1. The van der Waals surface area contributed by atoms with Gasteiger partial charge in [0.2, 0.25) is 0 Å². The van der Waals surface area contributed by atoms with E-state index in [1.807, 2.05) is 31.2 Å². The van der Waals surface area contributed by atoms with Crippen LogP contribution in [0.25, 0.3) is 5.65 Å². The summed E-state index contributed by atoms with van der Waals surface area (Å²) >= 11 is 0. The number of fused-ring (bicyclic) bond motifs is 1. The van der Waals surface area contributed by atoms with E-state index in [2.05, 4.69) is 15.2 Å². The summed E-state index contributed by atoms with van der Waals surface area (Å²) in [5, 5.41) is 17.5. The van der Waals surface area contributed by atoms with E-state index >= 15 is 0 Å². The molecule has 1 N–H and O–H groups in total. The summed E-state index contributed by atoms with van der Waals surface area (Å²) < 4.78 is 6.97. The van der Waals surface area contributed by atoms with E-state index in [4.69, 9.17) is 9.84 Å². The van der Waals surface area contributed by atoms with Gasteiger partial charge in [0.1, 0.15) is 17.1 Å². The fourth-order valence-electron chi connectivity index (χ4n) is 2.36. The molecule has 0 radical (unpaired) electrons. The number of aryl methyl sites for hydroxylation is 1. The number of carbonyl (C=O) groups is 1. The predicted molar refractivity (Wildman–Crippen MR) is 88.4 cm³/mol. The first-order chi connectivity index (χ1) is 11.6. The smallest absolute Gasteiger partial charge is 0.309 e. The number of azo groups is 1. The third-order valence-electron chi connectivity index (χ3n) is 3.48. The number of pyridine rings is 1. The summed E-state index contributed by atoms with van der Waals surface area (Å²) in [4.78, 5) is 15.5. The number of para-hydroxylation sites is 1. The fraction of sp³-hybridized carbons (Fsp3) is 0.176. The van der Waals surface area contributed by atoms with Crippen LogP contribution in [-0.2, 0) is 11.2 Å². The van der Waals surface area contributed by atoms with Crippen LogP contribution in [-0.4, -0.2) is 27.6 Å². The van der Waals surface area contributed by atoms with Crippen LogP contribution in [0.1, 0.15) is 11.3 Å². The summed E-state index contributed by atoms with van der Waals surface area (Å²) in [6.07, 6.45) is 1.58. The minimum absolute atomic E-state index is 0.221. The molecular weight excluding hydrogens is 308 g/mol. The molecule has 0 aliphatic heterocycles. The van der Waals surface area contributed by atoms with E-state index in [9.17, 15) is 4.79 Å². The number of rotatable bonds is 5. The standard InChI is InChI=1S/C17H16N4O3/c1-11-7-8-21-15(9-11)18-13(10-16(22)23)17(21)20-19-12-5-3-4-6-14(12)24-2/h3-9H,10H2,1-2H3,(H,22,23). The zero-order valence-corrected chi connectivity index (χ0v) is 13.3. The Hall–Kier alpha value is -3.22. The Morgan fingerprint density at radius 2 is 2.08 bits per heavy atom. The molecule has 3 aromatic rings. The van der Waals surface area contributed by atoms with Gasteiger partial charge in [0.15, 0.2) is 5.82 Å². The predicted octanol–water partition coefficient (Wildman–Crippen LogP) is 3.69. The Balaban J connectivity index is 2.09. The van der Waals surface area contributed by atoms with Crippen molar-refractivity contribution in [3.63, 3.8) is 0 Å². The largest absolute Gasteiger partial charge is 0.494 e. The molecule has 1 aromatic carbocycles. The molecule has 0 spiro atoms. The number of carboxylic acid groups (broad SMARTS) is 1. The molecule has 7 nitrogen and oxygen atoms in total. The van der Waals surface area contributed by atoms with Gasteiger partial charge in [-0.1, -0.05) is 12.1 Å². The number of ether oxygens (including phenoxy) is 1. The molecule has 122 valence electrons. The highest BCUT2D eigenvalue weighted by Crippen LogP contribution is 2.30. The molecule has 0 aliphatic rings. The SMILES string of the molecule is COc1ccccc1N=Nc1c(CC(=O)O)nc2cc(C)ccn12. The first-order valence-corrected chi connectivity index (χ1v) is 7.32. The second kappa shape index (κ2) is 6.49. The van der Waals surface area contributed by atoms with Gasteiger partial charge >= 0.3 is 5.97 Å². The van der Waals surface area contributed by atoms with Gasteiger partial charge in [-0.15, -0.1) is 10.2 Å². The lowest BCUT2D eigenvalue weighted by molar-refractivity contribution is -0.136. The summed E-state index contributed by atoms with van der Waals surface area (Å²) in [7, 11) is 1.56. The fourth-order valence-corrected chi connectivity index (χ4v) is 2.36. The van der Waals surface area contributed by atoms with Crippen molar-refractivity contribution < 1.29 is 14.6 Å². The quantitative estimate of drug-likeness (QED) is 0.725. The van der Waals surface area contributed by atoms with Crippen LogP contribution in [0.15, 0.2) is 52.8 Å². The van der Waals surface area contributed by atoms with Gasteiger partial charge in [-0.05, 0) is 36.8 Å². The van der Waals surface area contributed by atoms with Crippen molar-refractivity contribution in [3.8, 4) is 5.75 Å². The molecule has 0 fully saturated rings. The number of aromatic nitrogens is 2. The van der Waals surface area contributed by atoms with Crippen molar-refractivity contribution in [1.29, 1.82) is 0 Å². The lowest BCUT2D eigenvalue weighted by Crippen LogP contribution is -2.00. The highest BCUT2D eigenvalue weighted by atomic mass is 16.5. The van der Waals surface area contributed by atoms with Gasteiger partial charge in [-0.3, -0.25) is 9.20 Å². The molecule has 0 saturated heterocycles. The maximum absolute atomic E-state index is 11.1. The molecule has 0 atom stereocenters. The van der Waals surface area contributed by atoms with E-state index in [0.717, 1.165) is 5.56 Å². The van der Waals surface area contributed by atoms with Crippen LogP contribution in [0.5, 0.6) is 5.75 Å². The van der Waals surface area contributed by atoms with Crippen LogP contribution in [0.3, 0.4) is 0 Å². The Labute approximate surface area is 138 Å². The van der Waals surface area contributed by atoms with Crippen LogP contribution in [0.4, 0.5) is 11.5 Å². The molecule has 24 heavy (non-hydrogen) atoms. The monoisotopic (exact) mass is 324 g/mol. The van der Waals surface area contributed by atoms with Crippen molar-refractivity contribution in [1.82, 2.24) is 9.38 Å². The number of carboxylic acids is 1. The molecule has 7 heteroatoms. The highest BCUT2D eigenvalue weighted by Gasteiger charge is 2.15. The van der Waals surface area contributed by atoms with Crippen LogP contribution in [0, 0.1) is 6.92 Å². The Kier molecular flexibility index (Phi) is 4.24. The molecule has 2 heterocycles. The third-order valence-corrected chi connectivity index (χ3v) is 3.48. The number of hydrogen-bond acceptors (Lipinski definition) is 5. The molecule has 0 saturated carbocycles. The number of imidazole rings is 1. The number of methoxy groups -OCH3 is 1. The average Bonchev–Trinajstić information content (AvgIpc) is 2.88. The molecule has 0 unspecified atom stereocenters. The number of nitrogens with zero attached hydrogens (tertiary/aromatic N) is 4. The summed E-state index contributed by atoms with van der Waals surface area (Å²) in [5.41, 5.74) is 2.60. The minimum atomic E-state index is -0.969. The van der Waals surface area contributed by atoms with E-state index in [1.165, 1.54) is 0 Å². The first kappa shape index (κ1) is 15.7. The Morgan fingerprint density at radius 3 is 2.83 bits per heavy atom. The maximum atomic E-state index is 11.1. The second-order valence-electron chi connectivity index (χ2n) is 5.26. The Morgan fingerprint density at radius 1 is 1.29 bits per heavy atom. The molecule has 0 bridgehead atoms. The van der Waals surface area contributed by atoms with Crippen molar-refractivity contribution in [3.05, 3.63) is 53.9 Å². The molecule has 0 aliphatic carbocycles. The minimum Gasteiger partial charge on any atom is -0.494 e. The van der Waals surface area contributed by atoms with Crippen LogP contribution >= 0.6 is 0 Å². The normalized spacial score (nSPS) is 11.2. The van der Waals surface area contributed by atoms with Crippen LogP contribution < -0.4 is 4.74 Å². The van der Waals surface area contributed by atoms with E-state index < -0.39 is 5.97 Å². The molecule has 0 amide bonds. The number of hydrogen-bond donors (Lipinski definition) is 1. The van der Waals surface area contributed by atoms with Crippen molar-refractivity contribution >= 4 is 23.1 Å².